The molecule has 1 fully saturated rings. The number of halogens is 1. The SMILES string of the molecule is COc1ccc(Br)c(N2C(=O)CNC(=O)C2C)c1. The fourth-order valence-corrected chi connectivity index (χ4v) is 2.31. The summed E-state index contributed by atoms with van der Waals surface area (Å²) >= 11 is 3.39. The maximum absolute atomic E-state index is 12.0. The van der Waals surface area contributed by atoms with Gasteiger partial charge in [-0.05, 0) is 35.0 Å². The third kappa shape index (κ3) is 2.20. The molecule has 0 bridgehead atoms. The molecule has 0 spiro atoms. The summed E-state index contributed by atoms with van der Waals surface area (Å²) in [6, 6.07) is 4.78. The Morgan fingerprint density at radius 1 is 1.44 bits per heavy atom. The van der Waals surface area contributed by atoms with Gasteiger partial charge in [-0.15, -0.1) is 0 Å². The number of carbonyl (C=O) groups is 2. The molecule has 1 heterocycles. The monoisotopic (exact) mass is 312 g/mol. The Kier molecular flexibility index (Phi) is 3.56. The zero-order valence-electron chi connectivity index (χ0n) is 10.1. The maximum Gasteiger partial charge on any atom is 0.247 e. The van der Waals surface area contributed by atoms with E-state index in [1.54, 1.807) is 32.2 Å². The number of rotatable bonds is 2. The van der Waals surface area contributed by atoms with Crippen molar-refractivity contribution in [2.45, 2.75) is 13.0 Å². The van der Waals surface area contributed by atoms with Gasteiger partial charge in [0.1, 0.15) is 11.8 Å². The Morgan fingerprint density at radius 3 is 2.83 bits per heavy atom. The Hall–Kier alpha value is -1.56. The van der Waals surface area contributed by atoms with Gasteiger partial charge in [0, 0.05) is 10.5 Å². The molecule has 1 N–H and O–H groups in total. The smallest absolute Gasteiger partial charge is 0.247 e. The third-order valence-electron chi connectivity index (χ3n) is 2.86. The predicted octanol–water partition coefficient (Wildman–Crippen LogP) is 1.31. The summed E-state index contributed by atoms with van der Waals surface area (Å²) < 4.78 is 5.89. The molecule has 96 valence electrons. The van der Waals surface area contributed by atoms with E-state index in [1.807, 2.05) is 0 Å². The largest absolute Gasteiger partial charge is 0.497 e. The maximum atomic E-state index is 12.0. The Labute approximate surface area is 113 Å². The van der Waals surface area contributed by atoms with Crippen molar-refractivity contribution in [3.8, 4) is 5.75 Å². The number of ether oxygens (including phenoxy) is 1. The van der Waals surface area contributed by atoms with Crippen molar-refractivity contribution in [1.82, 2.24) is 5.32 Å². The van der Waals surface area contributed by atoms with Crippen LogP contribution in [0.25, 0.3) is 0 Å². The van der Waals surface area contributed by atoms with Gasteiger partial charge in [-0.3, -0.25) is 14.5 Å². The lowest BCUT2D eigenvalue weighted by Crippen LogP contribution is -2.57. The predicted molar refractivity (Wildman–Crippen MR) is 70.7 cm³/mol. The Bertz CT molecular complexity index is 504. The van der Waals surface area contributed by atoms with E-state index in [0.29, 0.717) is 11.4 Å². The molecule has 0 aromatic heterocycles. The molecule has 5 nitrogen and oxygen atoms in total. The third-order valence-corrected chi connectivity index (χ3v) is 3.53. The first-order valence-corrected chi connectivity index (χ1v) is 6.27. The van der Waals surface area contributed by atoms with Crippen molar-refractivity contribution in [1.29, 1.82) is 0 Å². The summed E-state index contributed by atoms with van der Waals surface area (Å²) in [5.41, 5.74) is 0.640. The molecule has 0 saturated carbocycles. The minimum absolute atomic E-state index is 0.0207. The molecule has 1 aromatic rings. The van der Waals surface area contributed by atoms with E-state index in [-0.39, 0.29) is 18.4 Å². The zero-order chi connectivity index (χ0) is 13.3. The van der Waals surface area contributed by atoms with Crippen molar-refractivity contribution in [2.24, 2.45) is 0 Å². The molecule has 2 amide bonds. The molecule has 1 saturated heterocycles. The van der Waals surface area contributed by atoms with Crippen molar-refractivity contribution in [2.75, 3.05) is 18.6 Å². The number of carbonyl (C=O) groups excluding carboxylic acids is 2. The molecule has 1 aliphatic rings. The zero-order valence-corrected chi connectivity index (χ0v) is 11.7. The minimum Gasteiger partial charge on any atom is -0.497 e. The highest BCUT2D eigenvalue weighted by Gasteiger charge is 2.33. The summed E-state index contributed by atoms with van der Waals surface area (Å²) in [5, 5.41) is 2.55. The lowest BCUT2D eigenvalue weighted by molar-refractivity contribution is -0.130. The second-order valence-electron chi connectivity index (χ2n) is 3.97. The molecule has 1 aliphatic heterocycles. The molecule has 1 aromatic carbocycles. The summed E-state index contributed by atoms with van der Waals surface area (Å²) in [5.74, 6) is 0.333. The number of anilines is 1. The van der Waals surface area contributed by atoms with Gasteiger partial charge in [0.05, 0.1) is 19.3 Å². The Morgan fingerprint density at radius 2 is 2.17 bits per heavy atom. The first kappa shape index (κ1) is 12.9. The van der Waals surface area contributed by atoms with Gasteiger partial charge in [-0.1, -0.05) is 0 Å². The topological polar surface area (TPSA) is 58.6 Å². The normalized spacial score (nSPS) is 19.7. The summed E-state index contributed by atoms with van der Waals surface area (Å²) in [7, 11) is 1.56. The molecular weight excluding hydrogens is 300 g/mol. The number of methoxy groups -OCH3 is 1. The Balaban J connectivity index is 2.45. The van der Waals surface area contributed by atoms with Crippen LogP contribution in [0, 0.1) is 0 Å². The molecule has 1 atom stereocenters. The number of amides is 2. The van der Waals surface area contributed by atoms with E-state index in [4.69, 9.17) is 4.74 Å². The van der Waals surface area contributed by atoms with Crippen LogP contribution in [-0.2, 0) is 9.59 Å². The van der Waals surface area contributed by atoms with Crippen LogP contribution >= 0.6 is 15.9 Å². The van der Waals surface area contributed by atoms with Gasteiger partial charge in [-0.2, -0.15) is 0 Å². The van der Waals surface area contributed by atoms with E-state index in [2.05, 4.69) is 21.2 Å². The van der Waals surface area contributed by atoms with Crippen LogP contribution in [0.3, 0.4) is 0 Å². The highest BCUT2D eigenvalue weighted by atomic mass is 79.9. The van der Waals surface area contributed by atoms with Crippen molar-refractivity contribution >= 4 is 33.4 Å². The van der Waals surface area contributed by atoms with Gasteiger partial charge in [0.2, 0.25) is 11.8 Å². The fraction of sp³-hybridized carbons (Fsp3) is 0.333. The van der Waals surface area contributed by atoms with Gasteiger partial charge >= 0.3 is 0 Å². The lowest BCUT2D eigenvalue weighted by Gasteiger charge is -2.33. The van der Waals surface area contributed by atoms with Gasteiger partial charge in [0.15, 0.2) is 0 Å². The second kappa shape index (κ2) is 4.97. The first-order chi connectivity index (χ1) is 8.54. The van der Waals surface area contributed by atoms with Gasteiger partial charge in [-0.25, -0.2) is 0 Å². The van der Waals surface area contributed by atoms with Crippen LogP contribution in [0.2, 0.25) is 0 Å². The number of nitrogens with one attached hydrogen (secondary N) is 1. The van der Waals surface area contributed by atoms with Crippen LogP contribution in [0.5, 0.6) is 5.75 Å². The average Bonchev–Trinajstić information content (AvgIpc) is 2.36. The molecule has 0 radical (unpaired) electrons. The number of hydrogen-bond donors (Lipinski definition) is 1. The lowest BCUT2D eigenvalue weighted by atomic mass is 10.1. The van der Waals surface area contributed by atoms with Crippen LogP contribution in [-0.4, -0.2) is 31.5 Å². The van der Waals surface area contributed by atoms with Crippen molar-refractivity contribution in [3.63, 3.8) is 0 Å². The van der Waals surface area contributed by atoms with Crippen molar-refractivity contribution < 1.29 is 14.3 Å². The highest BCUT2D eigenvalue weighted by molar-refractivity contribution is 9.10. The number of nitrogens with zero attached hydrogens (tertiary/aromatic N) is 1. The van der Waals surface area contributed by atoms with Crippen LogP contribution in [0.4, 0.5) is 5.69 Å². The minimum atomic E-state index is -0.533. The van der Waals surface area contributed by atoms with Crippen LogP contribution in [0.15, 0.2) is 22.7 Å². The molecule has 0 aliphatic carbocycles. The summed E-state index contributed by atoms with van der Waals surface area (Å²) in [4.78, 5) is 25.1. The molecule has 6 heteroatoms. The average molecular weight is 313 g/mol. The molecule has 2 rings (SSSR count). The van der Waals surface area contributed by atoms with E-state index in [9.17, 15) is 9.59 Å². The van der Waals surface area contributed by atoms with E-state index >= 15 is 0 Å². The quantitative estimate of drug-likeness (QED) is 0.895. The highest BCUT2D eigenvalue weighted by Crippen LogP contribution is 2.32. The van der Waals surface area contributed by atoms with E-state index < -0.39 is 6.04 Å². The first-order valence-electron chi connectivity index (χ1n) is 5.48. The summed E-state index contributed by atoms with van der Waals surface area (Å²) in [6.07, 6.45) is 0. The van der Waals surface area contributed by atoms with Gasteiger partial charge < -0.3 is 10.1 Å². The number of hydrogen-bond acceptors (Lipinski definition) is 3. The van der Waals surface area contributed by atoms with E-state index in [0.717, 1.165) is 4.47 Å². The number of piperazine rings is 1. The van der Waals surface area contributed by atoms with Gasteiger partial charge in [0.25, 0.3) is 0 Å². The van der Waals surface area contributed by atoms with Crippen LogP contribution in [0.1, 0.15) is 6.92 Å². The fourth-order valence-electron chi connectivity index (χ4n) is 1.88. The van der Waals surface area contributed by atoms with Crippen molar-refractivity contribution in [3.05, 3.63) is 22.7 Å². The van der Waals surface area contributed by atoms with Crippen LogP contribution < -0.4 is 15.0 Å². The number of benzene rings is 1. The standard InChI is InChI=1S/C12H13BrN2O3/c1-7-12(17)14-6-11(16)15(7)10-5-8(18-2)3-4-9(10)13/h3-5,7H,6H2,1-2H3,(H,14,17). The molecular formula is C12H13BrN2O3. The second-order valence-corrected chi connectivity index (χ2v) is 4.83. The van der Waals surface area contributed by atoms with E-state index in [1.165, 1.54) is 4.90 Å². The summed E-state index contributed by atoms with van der Waals surface area (Å²) in [6.45, 7) is 1.71. The molecule has 18 heavy (non-hydrogen) atoms. The molecule has 1 unspecified atom stereocenters.